The first-order chi connectivity index (χ1) is 24.0. The Bertz CT molecular complexity index is 1930. The number of morpholine rings is 1. The normalized spacial score (nSPS) is 17.3. The van der Waals surface area contributed by atoms with Gasteiger partial charge in [0.05, 0.1) is 61.0 Å². The molecule has 272 valence electrons. The van der Waals surface area contributed by atoms with Gasteiger partial charge in [0, 0.05) is 55.0 Å². The summed E-state index contributed by atoms with van der Waals surface area (Å²) in [7, 11) is -0.756. The number of allylic oxidation sites excluding steroid dienone is 4. The van der Waals surface area contributed by atoms with Gasteiger partial charge in [-0.05, 0) is 38.5 Å². The highest BCUT2D eigenvalue weighted by Crippen LogP contribution is 2.44. The molecule has 0 amide bonds. The number of hydrogen-bond donors (Lipinski definition) is 1. The molecule has 1 aromatic heterocycles. The minimum absolute atomic E-state index is 0.136. The summed E-state index contributed by atoms with van der Waals surface area (Å²) in [4.78, 5) is 14.4. The fraction of sp³-hybridized carbons (Fsp3) is 0.424. The summed E-state index contributed by atoms with van der Waals surface area (Å²) >= 11 is 11.4. The van der Waals surface area contributed by atoms with Crippen molar-refractivity contribution in [3.05, 3.63) is 75.8 Å². The Kier molecular flexibility index (Phi) is 13.2. The lowest BCUT2D eigenvalue weighted by Crippen LogP contribution is -2.36. The number of aromatic nitrogens is 2. The average molecular weight is 772 g/mol. The van der Waals surface area contributed by atoms with Crippen LogP contribution in [0.4, 0.5) is 11.4 Å². The summed E-state index contributed by atoms with van der Waals surface area (Å²) in [5.74, 6) is 1.37. The zero-order valence-electron chi connectivity index (χ0n) is 28.4. The lowest BCUT2D eigenvalue weighted by atomic mass is 10.1. The first-order valence-electron chi connectivity index (χ1n) is 16.1. The van der Waals surface area contributed by atoms with E-state index in [4.69, 9.17) is 42.0 Å². The van der Waals surface area contributed by atoms with Gasteiger partial charge in [-0.15, -0.1) is 0 Å². The van der Waals surface area contributed by atoms with Crippen molar-refractivity contribution in [2.24, 2.45) is 7.05 Å². The molecule has 0 radical (unpaired) electrons. The quantitative estimate of drug-likeness (QED) is 0.0722. The molecule has 1 N–H and O–H groups in total. The number of fused-ring (bicyclic) bond motifs is 2. The molecule has 2 aliphatic heterocycles. The minimum Gasteiger partial charge on any atom is -0.379 e. The number of halogens is 2. The molecule has 1 unspecified atom stereocenters. The zero-order valence-corrected chi connectivity index (χ0v) is 31.5. The number of aryl methyl sites for hydroxylation is 2. The SMILES string of the molecule is CCN1\C(=C/C=C/C=C/c2n(CC)c3cc(Cl)c(S(=O)ON4CCOCC4)cc3[n+]2C)N(CCCS(=O)(=O)O)c2cc(COOC)c(Cl)cc21. The van der Waals surface area contributed by atoms with E-state index in [2.05, 4.69) is 9.47 Å². The van der Waals surface area contributed by atoms with Crippen LogP contribution in [0.2, 0.25) is 10.0 Å². The summed E-state index contributed by atoms with van der Waals surface area (Å²) in [6.07, 6.45) is 9.89. The summed E-state index contributed by atoms with van der Waals surface area (Å²) in [6, 6.07) is 7.40. The molecule has 13 nitrogen and oxygen atoms in total. The van der Waals surface area contributed by atoms with E-state index in [1.807, 2.05) is 85.0 Å². The second kappa shape index (κ2) is 17.1. The van der Waals surface area contributed by atoms with Crippen LogP contribution in [0.5, 0.6) is 0 Å². The number of hydroxylamine groups is 2. The van der Waals surface area contributed by atoms with E-state index in [1.165, 1.54) is 7.11 Å². The molecule has 0 bridgehead atoms. The van der Waals surface area contributed by atoms with Gasteiger partial charge in [-0.3, -0.25) is 4.55 Å². The predicted molar refractivity (Wildman–Crippen MR) is 195 cm³/mol. The molecule has 0 aliphatic carbocycles. The summed E-state index contributed by atoms with van der Waals surface area (Å²) < 4.78 is 60.7. The monoisotopic (exact) mass is 770 g/mol. The van der Waals surface area contributed by atoms with Crippen LogP contribution in [0, 0.1) is 0 Å². The van der Waals surface area contributed by atoms with Gasteiger partial charge in [0.15, 0.2) is 11.0 Å². The molecule has 5 rings (SSSR count). The summed E-state index contributed by atoms with van der Waals surface area (Å²) in [5.41, 5.74) is 4.17. The van der Waals surface area contributed by atoms with Crippen molar-refractivity contribution in [2.45, 2.75) is 38.3 Å². The van der Waals surface area contributed by atoms with E-state index in [0.717, 1.165) is 34.1 Å². The van der Waals surface area contributed by atoms with Crippen molar-refractivity contribution in [2.75, 3.05) is 62.1 Å². The van der Waals surface area contributed by atoms with E-state index >= 15 is 0 Å². The van der Waals surface area contributed by atoms with Gasteiger partial charge in [-0.25, -0.2) is 23.1 Å². The fourth-order valence-corrected chi connectivity index (χ4v) is 7.92. The van der Waals surface area contributed by atoms with Crippen molar-refractivity contribution in [1.82, 2.24) is 9.63 Å². The highest BCUT2D eigenvalue weighted by atomic mass is 35.5. The Morgan fingerprint density at radius 2 is 1.76 bits per heavy atom. The number of imidazole rings is 1. The number of hydrogen-bond acceptors (Lipinski definition) is 10. The third-order valence-electron chi connectivity index (χ3n) is 8.36. The van der Waals surface area contributed by atoms with Crippen LogP contribution in [0.1, 0.15) is 31.7 Å². The van der Waals surface area contributed by atoms with E-state index in [1.54, 1.807) is 5.06 Å². The second-order valence-electron chi connectivity index (χ2n) is 11.4. The Balaban J connectivity index is 1.42. The zero-order chi connectivity index (χ0) is 36.0. The molecule has 1 atom stereocenters. The van der Waals surface area contributed by atoms with E-state index in [9.17, 15) is 17.2 Å². The number of rotatable bonds is 15. The van der Waals surface area contributed by atoms with Crippen LogP contribution in [0.3, 0.4) is 0 Å². The maximum atomic E-state index is 13.1. The first-order valence-corrected chi connectivity index (χ1v) is 19.6. The van der Waals surface area contributed by atoms with Crippen LogP contribution in [-0.4, -0.2) is 79.1 Å². The molecule has 3 heterocycles. The van der Waals surface area contributed by atoms with E-state index in [0.29, 0.717) is 66.4 Å². The maximum Gasteiger partial charge on any atom is 0.282 e. The second-order valence-corrected chi connectivity index (χ2v) is 14.9. The lowest BCUT2D eigenvalue weighted by Gasteiger charge is -2.24. The number of ether oxygens (including phenoxy) is 1. The van der Waals surface area contributed by atoms with Crippen LogP contribution in [0.25, 0.3) is 17.1 Å². The van der Waals surface area contributed by atoms with Crippen LogP contribution < -0.4 is 14.4 Å². The van der Waals surface area contributed by atoms with Gasteiger partial charge >= 0.3 is 0 Å². The molecule has 1 saturated heterocycles. The van der Waals surface area contributed by atoms with Crippen LogP contribution in [0.15, 0.2) is 59.3 Å². The third kappa shape index (κ3) is 8.78. The van der Waals surface area contributed by atoms with Crippen LogP contribution >= 0.6 is 23.2 Å². The minimum atomic E-state index is -4.12. The van der Waals surface area contributed by atoms with Gasteiger partial charge in [0.1, 0.15) is 12.4 Å². The molecule has 2 aromatic carbocycles. The Morgan fingerprint density at radius 1 is 1.02 bits per heavy atom. The Hall–Kier alpha value is -2.83. The smallest absolute Gasteiger partial charge is 0.282 e. The molecule has 3 aromatic rings. The highest BCUT2D eigenvalue weighted by Gasteiger charge is 2.31. The Morgan fingerprint density at radius 3 is 2.44 bits per heavy atom. The molecule has 17 heteroatoms. The van der Waals surface area contributed by atoms with Crippen molar-refractivity contribution >= 4 is 72.9 Å². The molecule has 0 spiro atoms. The maximum absolute atomic E-state index is 13.1. The number of benzene rings is 2. The van der Waals surface area contributed by atoms with Crippen LogP contribution in [-0.2, 0) is 60.2 Å². The molecule has 2 aliphatic rings. The number of anilines is 2. The molecule has 1 fully saturated rings. The Labute approximate surface area is 305 Å². The topological polar surface area (TPSA) is 127 Å². The standard InChI is InChI=1S/C33H41Cl2N5O8S2/c1-5-38-29-21-26(35)31(49(41)48-37-14-16-46-17-15-37)22-27(29)36(3)32(38)11-8-7-9-12-33-39(6-2)30-20-25(34)24(23-47-45-4)19-28(30)40(33)13-10-18-50(42,43)44/h7-9,11-12,19-22H,5-6,10,13-18,23H2,1-4H3/p+1. The van der Waals surface area contributed by atoms with Gasteiger partial charge in [-0.1, -0.05) is 41.4 Å². The fourth-order valence-electron chi connectivity index (χ4n) is 6.02. The van der Waals surface area contributed by atoms with Crippen molar-refractivity contribution in [3.8, 4) is 0 Å². The lowest BCUT2D eigenvalue weighted by molar-refractivity contribution is -0.647. The number of nitrogens with zero attached hydrogens (tertiary/aromatic N) is 5. The largest absolute Gasteiger partial charge is 0.379 e. The van der Waals surface area contributed by atoms with Crippen molar-refractivity contribution < 1.29 is 40.5 Å². The van der Waals surface area contributed by atoms with Gasteiger partial charge < -0.3 is 14.5 Å². The van der Waals surface area contributed by atoms with Gasteiger partial charge in [0.25, 0.3) is 15.9 Å². The van der Waals surface area contributed by atoms with E-state index in [-0.39, 0.29) is 18.8 Å². The van der Waals surface area contributed by atoms with E-state index < -0.39 is 21.2 Å². The van der Waals surface area contributed by atoms with Gasteiger partial charge in [0.2, 0.25) is 11.1 Å². The molecule has 0 saturated carbocycles. The summed E-state index contributed by atoms with van der Waals surface area (Å²) in [5, 5.41) is 2.51. The van der Waals surface area contributed by atoms with Crippen molar-refractivity contribution in [3.63, 3.8) is 0 Å². The first kappa shape index (κ1) is 38.4. The summed E-state index contributed by atoms with van der Waals surface area (Å²) in [6.45, 7) is 7.92. The predicted octanol–water partition coefficient (Wildman–Crippen LogP) is 5.19. The average Bonchev–Trinajstić information content (AvgIpc) is 3.51. The third-order valence-corrected chi connectivity index (χ3v) is 11.0. The molecular weight excluding hydrogens is 729 g/mol. The molecule has 50 heavy (non-hydrogen) atoms. The van der Waals surface area contributed by atoms with Crippen molar-refractivity contribution in [1.29, 1.82) is 0 Å². The highest BCUT2D eigenvalue weighted by molar-refractivity contribution is 7.85. The van der Waals surface area contributed by atoms with Gasteiger partial charge in [-0.2, -0.15) is 17.8 Å². The molecular formula is C33H42Cl2N5O8S2+.